The van der Waals surface area contributed by atoms with Gasteiger partial charge in [-0.05, 0) is 27.7 Å². The maximum atomic E-state index is 10.4. The Morgan fingerprint density at radius 1 is 1.05 bits per heavy atom. The fraction of sp³-hybridized carbons (Fsp3) is 0.714. The van der Waals surface area contributed by atoms with Crippen LogP contribution in [0.1, 0.15) is 27.7 Å². The Morgan fingerprint density at radius 2 is 1.47 bits per heavy atom. The standard InChI is InChI=1S/C14H29NO3P/c1-7-10-17-19(16,18-11-8-2)12-9-15(13(3)4)14(5)6/h7-8,13-14,16H,1-2,9-12H2,3-6H3/q+1. The average Bonchev–Trinajstić information content (AvgIpc) is 2.33. The van der Waals surface area contributed by atoms with Gasteiger partial charge in [-0.15, -0.1) is 13.2 Å². The van der Waals surface area contributed by atoms with Crippen LogP contribution < -0.4 is 0 Å². The first-order valence-electron chi connectivity index (χ1n) is 6.73. The molecule has 0 bridgehead atoms. The van der Waals surface area contributed by atoms with Crippen molar-refractivity contribution in [1.82, 2.24) is 4.90 Å². The summed E-state index contributed by atoms with van der Waals surface area (Å²) in [5.74, 6) is 0. The van der Waals surface area contributed by atoms with Crippen LogP contribution in [-0.4, -0.2) is 47.8 Å². The Kier molecular flexibility index (Phi) is 9.50. The highest BCUT2D eigenvalue weighted by molar-refractivity contribution is 7.60. The molecule has 0 atom stereocenters. The van der Waals surface area contributed by atoms with Crippen molar-refractivity contribution in [2.24, 2.45) is 0 Å². The van der Waals surface area contributed by atoms with Gasteiger partial charge in [-0.3, -0.25) is 4.90 Å². The first-order valence-corrected chi connectivity index (χ1v) is 8.50. The predicted molar refractivity (Wildman–Crippen MR) is 83.3 cm³/mol. The third kappa shape index (κ3) is 7.81. The zero-order valence-corrected chi connectivity index (χ0v) is 13.6. The van der Waals surface area contributed by atoms with Crippen molar-refractivity contribution in [3.8, 4) is 0 Å². The molecule has 0 unspecified atom stereocenters. The number of hydrogen-bond acceptors (Lipinski definition) is 4. The molecule has 5 heteroatoms. The third-order valence-electron chi connectivity index (χ3n) is 2.76. The second kappa shape index (κ2) is 9.62. The quantitative estimate of drug-likeness (QED) is 0.468. The molecule has 0 radical (unpaired) electrons. The summed E-state index contributed by atoms with van der Waals surface area (Å²) in [6.07, 6.45) is 3.72. The summed E-state index contributed by atoms with van der Waals surface area (Å²) < 4.78 is 10.9. The van der Waals surface area contributed by atoms with E-state index in [1.807, 2.05) is 0 Å². The van der Waals surface area contributed by atoms with Gasteiger partial charge in [0.15, 0.2) is 6.16 Å². The van der Waals surface area contributed by atoms with Gasteiger partial charge < -0.3 is 0 Å². The van der Waals surface area contributed by atoms with Crippen LogP contribution in [0.25, 0.3) is 0 Å². The Hall–Kier alpha value is -0.250. The minimum Gasteiger partial charge on any atom is -0.295 e. The Morgan fingerprint density at radius 3 is 1.79 bits per heavy atom. The van der Waals surface area contributed by atoms with Gasteiger partial charge in [0.2, 0.25) is 0 Å². The predicted octanol–water partition coefficient (Wildman–Crippen LogP) is 3.27. The van der Waals surface area contributed by atoms with E-state index < -0.39 is 7.94 Å². The molecule has 4 nitrogen and oxygen atoms in total. The van der Waals surface area contributed by atoms with E-state index >= 15 is 0 Å². The highest BCUT2D eigenvalue weighted by Gasteiger charge is 2.40. The summed E-state index contributed by atoms with van der Waals surface area (Å²) in [5, 5.41) is 0. The molecule has 0 aromatic rings. The average molecular weight is 290 g/mol. The van der Waals surface area contributed by atoms with Crippen molar-refractivity contribution in [1.29, 1.82) is 0 Å². The number of nitrogens with zero attached hydrogens (tertiary/aromatic N) is 1. The smallest absolute Gasteiger partial charge is 0.295 e. The summed E-state index contributed by atoms with van der Waals surface area (Å²) in [6, 6.07) is 0.847. The zero-order chi connectivity index (χ0) is 14.9. The van der Waals surface area contributed by atoms with Gasteiger partial charge in [-0.25, -0.2) is 0 Å². The van der Waals surface area contributed by atoms with Gasteiger partial charge in [0.25, 0.3) is 0 Å². The van der Waals surface area contributed by atoms with Crippen molar-refractivity contribution < 1.29 is 13.9 Å². The Labute approximate surface area is 118 Å². The lowest BCUT2D eigenvalue weighted by Crippen LogP contribution is -2.39. The van der Waals surface area contributed by atoms with Gasteiger partial charge in [0.1, 0.15) is 13.2 Å². The van der Waals surface area contributed by atoms with E-state index in [0.717, 1.165) is 6.54 Å². The van der Waals surface area contributed by atoms with Crippen LogP contribution >= 0.6 is 7.94 Å². The fourth-order valence-corrected chi connectivity index (χ4v) is 3.35. The summed E-state index contributed by atoms with van der Waals surface area (Å²) in [7, 11) is -2.82. The van der Waals surface area contributed by atoms with Crippen molar-refractivity contribution >= 4 is 7.94 Å². The van der Waals surface area contributed by atoms with E-state index in [4.69, 9.17) is 9.05 Å². The van der Waals surface area contributed by atoms with Crippen LogP contribution in [0, 0.1) is 0 Å². The summed E-state index contributed by atoms with van der Waals surface area (Å²) in [4.78, 5) is 12.7. The highest BCUT2D eigenvalue weighted by Crippen LogP contribution is 2.56. The minimum atomic E-state index is -2.82. The molecule has 0 heterocycles. The molecule has 0 aromatic heterocycles. The molecule has 0 fully saturated rings. The Balaban J connectivity index is 4.52. The van der Waals surface area contributed by atoms with Crippen LogP contribution in [0.4, 0.5) is 0 Å². The molecule has 0 saturated heterocycles. The molecule has 0 aliphatic heterocycles. The van der Waals surface area contributed by atoms with Gasteiger partial charge in [0, 0.05) is 18.6 Å². The monoisotopic (exact) mass is 290 g/mol. The van der Waals surface area contributed by atoms with Gasteiger partial charge in [0.05, 0.1) is 0 Å². The minimum absolute atomic E-state index is 0.296. The summed E-state index contributed by atoms with van der Waals surface area (Å²) >= 11 is 0. The fourth-order valence-electron chi connectivity index (χ4n) is 1.86. The van der Waals surface area contributed by atoms with Gasteiger partial charge >= 0.3 is 7.94 Å². The normalized spacial score (nSPS) is 12.4. The highest BCUT2D eigenvalue weighted by atomic mass is 31.2. The molecular weight excluding hydrogens is 261 g/mol. The molecule has 1 N–H and O–H groups in total. The van der Waals surface area contributed by atoms with E-state index in [1.165, 1.54) is 0 Å². The molecular formula is C14H29NO3P+. The van der Waals surface area contributed by atoms with Crippen molar-refractivity contribution in [3.05, 3.63) is 25.3 Å². The van der Waals surface area contributed by atoms with Crippen LogP contribution in [0.2, 0.25) is 0 Å². The lowest BCUT2D eigenvalue weighted by atomic mass is 10.2. The van der Waals surface area contributed by atoms with Gasteiger partial charge in [-0.1, -0.05) is 12.2 Å². The second-order valence-corrected chi connectivity index (χ2v) is 7.19. The molecule has 0 saturated carbocycles. The molecule has 19 heavy (non-hydrogen) atoms. The first-order chi connectivity index (χ1) is 8.86. The maximum Gasteiger partial charge on any atom is 0.410 e. The topological polar surface area (TPSA) is 41.9 Å². The molecule has 0 spiro atoms. The van der Waals surface area contributed by atoms with E-state index in [1.54, 1.807) is 12.2 Å². The van der Waals surface area contributed by atoms with Crippen molar-refractivity contribution in [3.63, 3.8) is 0 Å². The molecule has 0 amide bonds. The van der Waals surface area contributed by atoms with E-state index in [9.17, 15) is 4.89 Å². The van der Waals surface area contributed by atoms with Crippen LogP contribution in [0.15, 0.2) is 25.3 Å². The van der Waals surface area contributed by atoms with Crippen LogP contribution in [0.5, 0.6) is 0 Å². The van der Waals surface area contributed by atoms with Crippen LogP contribution in [0.3, 0.4) is 0 Å². The van der Waals surface area contributed by atoms with E-state index in [-0.39, 0.29) is 0 Å². The van der Waals surface area contributed by atoms with E-state index in [2.05, 4.69) is 45.8 Å². The van der Waals surface area contributed by atoms with E-state index in [0.29, 0.717) is 31.5 Å². The summed E-state index contributed by atoms with van der Waals surface area (Å²) in [5.41, 5.74) is 0. The first kappa shape index (κ1) is 18.8. The second-order valence-electron chi connectivity index (χ2n) is 4.96. The molecule has 0 aliphatic rings. The van der Waals surface area contributed by atoms with Gasteiger partial charge in [-0.2, -0.15) is 13.9 Å². The molecule has 0 aromatic carbocycles. The zero-order valence-electron chi connectivity index (χ0n) is 12.7. The molecule has 0 rings (SSSR count). The van der Waals surface area contributed by atoms with Crippen molar-refractivity contribution in [2.45, 2.75) is 39.8 Å². The maximum absolute atomic E-state index is 10.4. The van der Waals surface area contributed by atoms with Crippen molar-refractivity contribution in [2.75, 3.05) is 25.9 Å². The van der Waals surface area contributed by atoms with Crippen LogP contribution in [-0.2, 0) is 9.05 Å². The third-order valence-corrected chi connectivity index (χ3v) is 4.63. The molecule has 0 aliphatic carbocycles. The largest absolute Gasteiger partial charge is 0.410 e. The Bertz CT molecular complexity index is 249. The number of hydrogen-bond donors (Lipinski definition) is 1. The lowest BCUT2D eigenvalue weighted by molar-refractivity contribution is 0.167. The number of rotatable bonds is 11. The SMILES string of the molecule is C=CCO[P+](O)(CCN(C(C)C)C(C)C)OCC=C. The summed E-state index contributed by atoms with van der Waals surface area (Å²) in [6.45, 7) is 17.1. The molecule has 112 valence electrons. The lowest BCUT2D eigenvalue weighted by Gasteiger charge is -2.30.